The SMILES string of the molecule is CCNC(=O)c1cc2ccccc2c(NN)n1. The zero-order valence-electron chi connectivity index (χ0n) is 9.53. The summed E-state index contributed by atoms with van der Waals surface area (Å²) in [5.74, 6) is 5.72. The van der Waals surface area contributed by atoms with Crippen molar-refractivity contribution in [1.82, 2.24) is 10.3 Å². The fourth-order valence-corrected chi connectivity index (χ4v) is 1.68. The van der Waals surface area contributed by atoms with E-state index in [-0.39, 0.29) is 5.91 Å². The molecule has 5 heteroatoms. The molecule has 1 aromatic carbocycles. The number of fused-ring (bicyclic) bond motifs is 1. The van der Waals surface area contributed by atoms with Gasteiger partial charge in [0.15, 0.2) is 0 Å². The van der Waals surface area contributed by atoms with Gasteiger partial charge in [0, 0.05) is 11.9 Å². The van der Waals surface area contributed by atoms with Crippen LogP contribution in [0.4, 0.5) is 5.82 Å². The minimum Gasteiger partial charge on any atom is -0.351 e. The summed E-state index contributed by atoms with van der Waals surface area (Å²) in [7, 11) is 0. The van der Waals surface area contributed by atoms with Gasteiger partial charge >= 0.3 is 0 Å². The van der Waals surface area contributed by atoms with Crippen LogP contribution >= 0.6 is 0 Å². The molecule has 17 heavy (non-hydrogen) atoms. The first kappa shape index (κ1) is 11.3. The summed E-state index contributed by atoms with van der Waals surface area (Å²) >= 11 is 0. The van der Waals surface area contributed by atoms with Gasteiger partial charge in [0.1, 0.15) is 11.5 Å². The molecule has 0 spiro atoms. The van der Waals surface area contributed by atoms with Crippen LogP contribution < -0.4 is 16.6 Å². The molecule has 1 aromatic heterocycles. The number of carbonyl (C=O) groups excluding carboxylic acids is 1. The molecule has 0 bridgehead atoms. The number of nitrogens with zero attached hydrogens (tertiary/aromatic N) is 1. The van der Waals surface area contributed by atoms with E-state index in [2.05, 4.69) is 15.7 Å². The molecule has 2 rings (SSSR count). The smallest absolute Gasteiger partial charge is 0.269 e. The van der Waals surface area contributed by atoms with E-state index < -0.39 is 0 Å². The maximum Gasteiger partial charge on any atom is 0.269 e. The average molecular weight is 230 g/mol. The Bertz CT molecular complexity index is 553. The third kappa shape index (κ3) is 2.19. The van der Waals surface area contributed by atoms with Crippen LogP contribution in [0.3, 0.4) is 0 Å². The van der Waals surface area contributed by atoms with Gasteiger partial charge in [-0.15, -0.1) is 0 Å². The predicted octanol–water partition coefficient (Wildman–Crippen LogP) is 1.27. The Morgan fingerprint density at radius 1 is 1.41 bits per heavy atom. The molecule has 0 atom stereocenters. The summed E-state index contributed by atoms with van der Waals surface area (Å²) in [4.78, 5) is 15.9. The van der Waals surface area contributed by atoms with Crippen molar-refractivity contribution in [3.05, 3.63) is 36.0 Å². The summed E-state index contributed by atoms with van der Waals surface area (Å²) in [6, 6.07) is 9.38. The van der Waals surface area contributed by atoms with E-state index in [1.54, 1.807) is 6.07 Å². The molecule has 88 valence electrons. The highest BCUT2D eigenvalue weighted by atomic mass is 16.1. The molecule has 0 saturated carbocycles. The van der Waals surface area contributed by atoms with E-state index in [0.717, 1.165) is 10.8 Å². The lowest BCUT2D eigenvalue weighted by Gasteiger charge is -2.08. The van der Waals surface area contributed by atoms with Gasteiger partial charge in [0.2, 0.25) is 0 Å². The molecular weight excluding hydrogens is 216 g/mol. The number of anilines is 1. The van der Waals surface area contributed by atoms with Gasteiger partial charge in [-0.05, 0) is 18.4 Å². The van der Waals surface area contributed by atoms with Gasteiger partial charge in [-0.1, -0.05) is 24.3 Å². The van der Waals surface area contributed by atoms with E-state index in [9.17, 15) is 4.79 Å². The number of benzene rings is 1. The first-order valence-electron chi connectivity index (χ1n) is 5.41. The Hall–Kier alpha value is -2.14. The van der Waals surface area contributed by atoms with E-state index >= 15 is 0 Å². The van der Waals surface area contributed by atoms with Gasteiger partial charge in [-0.2, -0.15) is 0 Å². The lowest BCUT2D eigenvalue weighted by molar-refractivity contribution is 0.0951. The molecule has 0 aliphatic heterocycles. The number of nitrogens with two attached hydrogens (primary N) is 1. The van der Waals surface area contributed by atoms with Crippen molar-refractivity contribution in [2.45, 2.75) is 6.92 Å². The van der Waals surface area contributed by atoms with Crippen molar-refractivity contribution >= 4 is 22.5 Å². The summed E-state index contributed by atoms with van der Waals surface area (Å²) < 4.78 is 0. The van der Waals surface area contributed by atoms with Crippen molar-refractivity contribution in [2.24, 2.45) is 5.84 Å². The molecule has 4 N–H and O–H groups in total. The highest BCUT2D eigenvalue weighted by Gasteiger charge is 2.10. The minimum atomic E-state index is -0.199. The van der Waals surface area contributed by atoms with Gasteiger partial charge in [0.05, 0.1) is 0 Å². The quantitative estimate of drug-likeness (QED) is 0.548. The van der Waals surface area contributed by atoms with Gasteiger partial charge in [0.25, 0.3) is 5.91 Å². The van der Waals surface area contributed by atoms with Gasteiger partial charge in [-0.3, -0.25) is 4.79 Å². The second-order valence-corrected chi connectivity index (χ2v) is 3.58. The van der Waals surface area contributed by atoms with Crippen LogP contribution in [0.5, 0.6) is 0 Å². The van der Waals surface area contributed by atoms with Crippen LogP contribution in [0, 0.1) is 0 Å². The number of aromatic nitrogens is 1. The van der Waals surface area contributed by atoms with Crippen molar-refractivity contribution in [3.63, 3.8) is 0 Å². The lowest BCUT2D eigenvalue weighted by Crippen LogP contribution is -2.24. The Kier molecular flexibility index (Phi) is 3.20. The van der Waals surface area contributed by atoms with Crippen LogP contribution in [-0.2, 0) is 0 Å². The largest absolute Gasteiger partial charge is 0.351 e. The summed E-state index contributed by atoms with van der Waals surface area (Å²) in [6.45, 7) is 2.43. The average Bonchev–Trinajstić information content (AvgIpc) is 2.37. The molecule has 1 amide bonds. The third-order valence-corrected chi connectivity index (χ3v) is 2.45. The minimum absolute atomic E-state index is 0.199. The molecule has 0 fully saturated rings. The molecule has 5 nitrogen and oxygen atoms in total. The Labute approximate surface area is 99.0 Å². The van der Waals surface area contributed by atoms with Gasteiger partial charge in [-0.25, -0.2) is 10.8 Å². The Morgan fingerprint density at radius 3 is 2.88 bits per heavy atom. The first-order valence-corrected chi connectivity index (χ1v) is 5.41. The van der Waals surface area contributed by atoms with E-state index in [4.69, 9.17) is 5.84 Å². The van der Waals surface area contributed by atoms with Crippen LogP contribution in [0.2, 0.25) is 0 Å². The maximum absolute atomic E-state index is 11.7. The second-order valence-electron chi connectivity index (χ2n) is 3.58. The second kappa shape index (κ2) is 4.80. The number of hydrazine groups is 1. The van der Waals surface area contributed by atoms with Crippen molar-refractivity contribution in [2.75, 3.05) is 12.0 Å². The number of nitrogens with one attached hydrogen (secondary N) is 2. The normalized spacial score (nSPS) is 10.2. The number of amides is 1. The third-order valence-electron chi connectivity index (χ3n) is 2.45. The molecule has 0 aliphatic rings. The fraction of sp³-hybridized carbons (Fsp3) is 0.167. The van der Waals surface area contributed by atoms with Gasteiger partial charge < -0.3 is 10.7 Å². The van der Waals surface area contributed by atoms with E-state index in [0.29, 0.717) is 18.1 Å². The van der Waals surface area contributed by atoms with Crippen LogP contribution in [0.1, 0.15) is 17.4 Å². The summed E-state index contributed by atoms with van der Waals surface area (Å²) in [6.07, 6.45) is 0. The van der Waals surface area contributed by atoms with Crippen LogP contribution in [0.15, 0.2) is 30.3 Å². The van der Waals surface area contributed by atoms with Crippen molar-refractivity contribution in [1.29, 1.82) is 0 Å². The zero-order chi connectivity index (χ0) is 12.3. The fourth-order valence-electron chi connectivity index (χ4n) is 1.68. The molecule has 0 radical (unpaired) electrons. The molecule has 0 unspecified atom stereocenters. The van der Waals surface area contributed by atoms with Crippen molar-refractivity contribution in [3.8, 4) is 0 Å². The van der Waals surface area contributed by atoms with Crippen LogP contribution in [0.25, 0.3) is 10.8 Å². The van der Waals surface area contributed by atoms with Crippen LogP contribution in [-0.4, -0.2) is 17.4 Å². The number of rotatable bonds is 3. The molecular formula is C12H14N4O. The monoisotopic (exact) mass is 230 g/mol. The summed E-state index contributed by atoms with van der Waals surface area (Å²) in [5.41, 5.74) is 2.88. The lowest BCUT2D eigenvalue weighted by atomic mass is 10.1. The summed E-state index contributed by atoms with van der Waals surface area (Å²) in [5, 5.41) is 4.53. The van der Waals surface area contributed by atoms with E-state index in [1.807, 2.05) is 31.2 Å². The molecule has 1 heterocycles. The molecule has 0 saturated heterocycles. The highest BCUT2D eigenvalue weighted by molar-refractivity contribution is 6.00. The standard InChI is InChI=1S/C12H14N4O/c1-2-14-12(17)10-7-8-5-3-4-6-9(8)11(15-10)16-13/h3-7H,2,13H2,1H3,(H,14,17)(H,15,16). The maximum atomic E-state index is 11.7. The first-order chi connectivity index (χ1) is 8.26. The number of nitrogen functional groups attached to an aromatic ring is 1. The number of carbonyl (C=O) groups is 1. The zero-order valence-corrected chi connectivity index (χ0v) is 9.53. The highest BCUT2D eigenvalue weighted by Crippen LogP contribution is 2.21. The van der Waals surface area contributed by atoms with Crippen molar-refractivity contribution < 1.29 is 4.79 Å². The Balaban J connectivity index is 2.56. The number of hydrogen-bond acceptors (Lipinski definition) is 4. The number of hydrogen-bond donors (Lipinski definition) is 3. The molecule has 0 aliphatic carbocycles. The van der Waals surface area contributed by atoms with E-state index in [1.165, 1.54) is 0 Å². The molecule has 2 aromatic rings. The Morgan fingerprint density at radius 2 is 2.18 bits per heavy atom. The number of pyridine rings is 1. The predicted molar refractivity (Wildman–Crippen MR) is 67.6 cm³/mol. The topological polar surface area (TPSA) is 80.0 Å².